The van der Waals surface area contributed by atoms with E-state index >= 15 is 0 Å². The molecule has 0 unspecified atom stereocenters. The van der Waals surface area contributed by atoms with Crippen LogP contribution in [0.15, 0.2) is 58.5 Å². The molecule has 142 valence electrons. The molecule has 2 atom stereocenters. The Morgan fingerprint density at radius 3 is 2.96 bits per heavy atom. The van der Waals surface area contributed by atoms with E-state index in [0.717, 1.165) is 31.6 Å². The maximum Gasteiger partial charge on any atom is 0.269 e. The summed E-state index contributed by atoms with van der Waals surface area (Å²) < 4.78 is 5.13. The van der Waals surface area contributed by atoms with Gasteiger partial charge in [0.15, 0.2) is 5.60 Å². The zero-order valence-corrected chi connectivity index (χ0v) is 15.6. The Morgan fingerprint density at radius 1 is 1.33 bits per heavy atom. The van der Waals surface area contributed by atoms with Crippen molar-refractivity contribution in [3.8, 4) is 0 Å². The first-order chi connectivity index (χ1) is 13.1. The van der Waals surface area contributed by atoms with Crippen molar-refractivity contribution in [3.05, 3.63) is 60.1 Å². The molecule has 1 fully saturated rings. The summed E-state index contributed by atoms with van der Waals surface area (Å²) >= 11 is 0. The van der Waals surface area contributed by atoms with E-state index in [4.69, 9.17) is 9.25 Å². The second kappa shape index (κ2) is 7.56. The monoisotopic (exact) mass is 367 g/mol. The Bertz CT molecular complexity index is 803. The van der Waals surface area contributed by atoms with Crippen LogP contribution in [0.2, 0.25) is 0 Å². The molecule has 0 saturated carbocycles. The third-order valence-electron chi connectivity index (χ3n) is 5.42. The number of carbonyl (C=O) groups is 1. The van der Waals surface area contributed by atoms with Crippen molar-refractivity contribution in [2.75, 3.05) is 19.6 Å². The lowest BCUT2D eigenvalue weighted by Crippen LogP contribution is -2.37. The molecule has 2 aromatic rings. The van der Waals surface area contributed by atoms with Crippen molar-refractivity contribution in [2.24, 2.45) is 5.16 Å². The van der Waals surface area contributed by atoms with Crippen molar-refractivity contribution in [1.29, 1.82) is 0 Å². The number of hydrogen-bond acceptors (Lipinski definition) is 5. The molecule has 1 spiro atoms. The number of rotatable bonds is 6. The fourth-order valence-electron chi connectivity index (χ4n) is 3.81. The van der Waals surface area contributed by atoms with E-state index < -0.39 is 0 Å². The fraction of sp³-hybridized carbons (Fsp3) is 0.429. The largest absolute Gasteiger partial charge is 0.472 e. The van der Waals surface area contributed by atoms with E-state index in [2.05, 4.69) is 34.4 Å². The molecular formula is C21H25N3O3. The minimum Gasteiger partial charge on any atom is -0.472 e. The predicted octanol–water partition coefficient (Wildman–Crippen LogP) is 2.92. The van der Waals surface area contributed by atoms with Gasteiger partial charge in [0.25, 0.3) is 5.91 Å². The van der Waals surface area contributed by atoms with Crippen LogP contribution in [-0.4, -0.2) is 41.8 Å². The van der Waals surface area contributed by atoms with Crippen molar-refractivity contribution in [2.45, 2.75) is 37.8 Å². The highest BCUT2D eigenvalue weighted by Gasteiger charge is 2.46. The Labute approximate surface area is 159 Å². The number of hydrogen-bond donors (Lipinski definition) is 1. The molecule has 27 heavy (non-hydrogen) atoms. The van der Waals surface area contributed by atoms with Crippen LogP contribution in [0.3, 0.4) is 0 Å². The summed E-state index contributed by atoms with van der Waals surface area (Å²) in [5, 5.41) is 7.11. The Hall–Kier alpha value is -2.60. The Kier molecular flexibility index (Phi) is 4.99. The molecule has 0 bridgehead atoms. The Balaban J connectivity index is 1.27. The summed E-state index contributed by atoms with van der Waals surface area (Å²) in [6, 6.07) is 12.2. The summed E-state index contributed by atoms with van der Waals surface area (Å²) in [6.07, 6.45) is 4.91. The fourth-order valence-corrected chi connectivity index (χ4v) is 3.81. The van der Waals surface area contributed by atoms with Crippen LogP contribution in [0.5, 0.6) is 0 Å². The van der Waals surface area contributed by atoms with E-state index in [1.54, 1.807) is 12.5 Å². The van der Waals surface area contributed by atoms with Gasteiger partial charge < -0.3 is 14.6 Å². The van der Waals surface area contributed by atoms with E-state index in [1.165, 1.54) is 5.56 Å². The van der Waals surface area contributed by atoms with Gasteiger partial charge in [-0.25, -0.2) is 0 Å². The lowest BCUT2D eigenvalue weighted by Gasteiger charge is -2.21. The number of furan rings is 1. The highest BCUT2D eigenvalue weighted by molar-refractivity contribution is 6.39. The van der Waals surface area contributed by atoms with Gasteiger partial charge in [0.2, 0.25) is 0 Å². The number of carbonyl (C=O) groups excluding carboxylic acids is 1. The maximum absolute atomic E-state index is 12.5. The van der Waals surface area contributed by atoms with E-state index in [1.807, 2.05) is 24.3 Å². The average Bonchev–Trinajstić information content (AvgIpc) is 3.43. The molecule has 3 heterocycles. The number of nitrogens with one attached hydrogen (secondary N) is 1. The molecule has 1 N–H and O–H groups in total. The molecule has 6 heteroatoms. The minimum atomic E-state index is -0.360. The first-order valence-corrected chi connectivity index (χ1v) is 9.45. The Morgan fingerprint density at radius 2 is 2.19 bits per heavy atom. The number of benzene rings is 1. The zero-order valence-electron chi connectivity index (χ0n) is 15.6. The summed E-state index contributed by atoms with van der Waals surface area (Å²) in [6.45, 7) is 5.23. The molecule has 1 saturated heterocycles. The topological polar surface area (TPSA) is 67.1 Å². The molecule has 1 aromatic heterocycles. The lowest BCUT2D eigenvalue weighted by molar-refractivity contribution is -0.115. The van der Waals surface area contributed by atoms with Crippen LogP contribution in [0, 0.1) is 0 Å². The third-order valence-corrected chi connectivity index (χ3v) is 5.42. The van der Waals surface area contributed by atoms with Crippen LogP contribution < -0.4 is 5.32 Å². The molecule has 6 nitrogen and oxygen atoms in total. The summed E-state index contributed by atoms with van der Waals surface area (Å²) in [4.78, 5) is 20.6. The van der Waals surface area contributed by atoms with E-state index in [9.17, 15) is 4.79 Å². The summed E-state index contributed by atoms with van der Waals surface area (Å²) in [5.41, 5.74) is 2.50. The van der Waals surface area contributed by atoms with Crippen molar-refractivity contribution >= 4 is 11.6 Å². The van der Waals surface area contributed by atoms with E-state index in [-0.39, 0.29) is 17.4 Å². The standard InChI is InChI=1S/C21H25N3O3/c1-16(18-5-3-2-4-6-18)12-22-20(25)19-11-21(27-23-19)8-9-24(15-21)13-17-7-10-26-14-17/h2-7,10,14,16H,8-9,11-13,15H2,1H3,(H,22,25)/t16-,21-/m1/s1. The first-order valence-electron chi connectivity index (χ1n) is 9.45. The first kappa shape index (κ1) is 17.8. The smallest absolute Gasteiger partial charge is 0.269 e. The van der Waals surface area contributed by atoms with Crippen LogP contribution in [0.4, 0.5) is 0 Å². The van der Waals surface area contributed by atoms with Gasteiger partial charge in [0, 0.05) is 44.6 Å². The van der Waals surface area contributed by atoms with Gasteiger partial charge in [-0.05, 0) is 17.5 Å². The molecule has 2 aliphatic heterocycles. The highest BCUT2D eigenvalue weighted by atomic mass is 16.7. The van der Waals surface area contributed by atoms with Gasteiger partial charge in [-0.3, -0.25) is 9.69 Å². The van der Waals surface area contributed by atoms with Crippen LogP contribution in [0.25, 0.3) is 0 Å². The second-order valence-corrected chi connectivity index (χ2v) is 7.60. The SMILES string of the molecule is C[C@H](CNC(=O)C1=NO[C@]2(CCN(Cc3ccoc3)C2)C1)c1ccccc1. The van der Waals surface area contributed by atoms with E-state index in [0.29, 0.717) is 18.7 Å². The van der Waals surface area contributed by atoms with Gasteiger partial charge in [-0.15, -0.1) is 0 Å². The van der Waals surface area contributed by atoms with Gasteiger partial charge >= 0.3 is 0 Å². The normalized spacial score (nSPS) is 23.2. The minimum absolute atomic E-state index is 0.122. The molecular weight excluding hydrogens is 342 g/mol. The zero-order chi connectivity index (χ0) is 18.7. The number of likely N-dealkylation sites (tertiary alicyclic amines) is 1. The number of amides is 1. The lowest BCUT2D eigenvalue weighted by atomic mass is 9.96. The molecule has 4 rings (SSSR count). The number of oxime groups is 1. The predicted molar refractivity (Wildman–Crippen MR) is 102 cm³/mol. The second-order valence-electron chi connectivity index (χ2n) is 7.60. The molecule has 1 amide bonds. The van der Waals surface area contributed by atoms with Gasteiger partial charge in [0.1, 0.15) is 5.71 Å². The van der Waals surface area contributed by atoms with Gasteiger partial charge in [0.05, 0.1) is 12.5 Å². The van der Waals surface area contributed by atoms with Crippen molar-refractivity contribution in [1.82, 2.24) is 10.2 Å². The van der Waals surface area contributed by atoms with Crippen LogP contribution in [-0.2, 0) is 16.2 Å². The summed E-state index contributed by atoms with van der Waals surface area (Å²) in [5.74, 6) is 0.131. The summed E-state index contributed by atoms with van der Waals surface area (Å²) in [7, 11) is 0. The molecule has 0 radical (unpaired) electrons. The molecule has 0 aliphatic carbocycles. The van der Waals surface area contributed by atoms with Crippen LogP contribution in [0.1, 0.15) is 36.8 Å². The van der Waals surface area contributed by atoms with Gasteiger partial charge in [-0.1, -0.05) is 42.4 Å². The number of nitrogens with zero attached hydrogens (tertiary/aromatic N) is 2. The third kappa shape index (κ3) is 4.06. The van der Waals surface area contributed by atoms with Crippen LogP contribution >= 0.6 is 0 Å². The van der Waals surface area contributed by atoms with Crippen molar-refractivity contribution < 1.29 is 14.0 Å². The maximum atomic E-state index is 12.5. The highest BCUT2D eigenvalue weighted by Crippen LogP contribution is 2.34. The quantitative estimate of drug-likeness (QED) is 0.852. The average molecular weight is 367 g/mol. The van der Waals surface area contributed by atoms with Gasteiger partial charge in [-0.2, -0.15) is 0 Å². The van der Waals surface area contributed by atoms with Crippen molar-refractivity contribution in [3.63, 3.8) is 0 Å². The molecule has 2 aliphatic rings. The molecule has 1 aromatic carbocycles.